The number of aryl methyl sites for hydroxylation is 1. The Morgan fingerprint density at radius 3 is 2.56 bits per heavy atom. The highest BCUT2D eigenvalue weighted by Gasteiger charge is 2.21. The molecule has 0 aliphatic rings. The number of carbonyl (C=O) groups is 2. The Kier molecular flexibility index (Phi) is 4.88. The third kappa shape index (κ3) is 3.09. The molecule has 6 nitrogen and oxygen atoms in total. The minimum atomic E-state index is -0.186. The van der Waals surface area contributed by atoms with Crippen molar-refractivity contribution in [3.63, 3.8) is 0 Å². The summed E-state index contributed by atoms with van der Waals surface area (Å²) in [5, 5.41) is 0. The Balaban J connectivity index is 3.08. The van der Waals surface area contributed by atoms with Crippen LogP contribution in [0, 0.1) is 0 Å². The second-order valence-electron chi connectivity index (χ2n) is 4.40. The number of unbranched alkanes of at least 4 members (excludes halogenated alkanes) is 1. The summed E-state index contributed by atoms with van der Waals surface area (Å²) in [7, 11) is 4.92. The maximum Gasteiger partial charge on any atom is 0.273 e. The van der Waals surface area contributed by atoms with Gasteiger partial charge >= 0.3 is 0 Å². The Bertz CT molecular complexity index is 426. The van der Waals surface area contributed by atoms with E-state index >= 15 is 0 Å². The normalized spacial score (nSPS) is 10.2. The molecule has 0 spiro atoms. The van der Waals surface area contributed by atoms with Crippen molar-refractivity contribution in [2.45, 2.75) is 26.2 Å². The predicted molar refractivity (Wildman–Crippen MR) is 69.7 cm³/mol. The third-order valence-electron chi connectivity index (χ3n) is 2.61. The molecule has 0 radical (unpaired) electrons. The fourth-order valence-corrected chi connectivity index (χ4v) is 1.55. The van der Waals surface area contributed by atoms with Crippen molar-refractivity contribution < 1.29 is 9.59 Å². The van der Waals surface area contributed by atoms with Gasteiger partial charge in [0.05, 0.1) is 0 Å². The van der Waals surface area contributed by atoms with Crippen molar-refractivity contribution in [1.29, 1.82) is 0 Å². The van der Waals surface area contributed by atoms with Crippen molar-refractivity contribution in [1.82, 2.24) is 14.9 Å². The first kappa shape index (κ1) is 14.2. The summed E-state index contributed by atoms with van der Waals surface area (Å²) >= 11 is 0. The van der Waals surface area contributed by atoms with E-state index in [0.717, 1.165) is 25.1 Å². The molecule has 2 amide bonds. The average molecular weight is 252 g/mol. The number of anilines is 1. The lowest BCUT2D eigenvalue weighted by atomic mass is 10.2. The molecule has 0 unspecified atom stereocenters. The molecule has 100 valence electrons. The van der Waals surface area contributed by atoms with Crippen LogP contribution in [-0.4, -0.2) is 48.3 Å². The van der Waals surface area contributed by atoms with E-state index in [2.05, 4.69) is 16.9 Å². The van der Waals surface area contributed by atoms with Gasteiger partial charge in [-0.1, -0.05) is 13.3 Å². The SMILES string of the molecule is CCCCc1nc(N(C)C=O)c(C(=O)N(C)C)[nH]1. The van der Waals surface area contributed by atoms with E-state index in [0.29, 0.717) is 17.9 Å². The summed E-state index contributed by atoms with van der Waals surface area (Å²) in [5.41, 5.74) is 0.362. The van der Waals surface area contributed by atoms with Crippen LogP contribution in [0.4, 0.5) is 5.82 Å². The Labute approximate surface area is 107 Å². The first-order valence-electron chi connectivity index (χ1n) is 5.99. The third-order valence-corrected chi connectivity index (χ3v) is 2.61. The lowest BCUT2D eigenvalue weighted by molar-refractivity contribution is -0.107. The first-order valence-corrected chi connectivity index (χ1v) is 5.99. The van der Waals surface area contributed by atoms with E-state index in [1.807, 2.05) is 0 Å². The van der Waals surface area contributed by atoms with Crippen LogP contribution in [0.3, 0.4) is 0 Å². The number of nitrogens with zero attached hydrogens (tertiary/aromatic N) is 3. The molecule has 1 rings (SSSR count). The quantitative estimate of drug-likeness (QED) is 0.769. The first-order chi connectivity index (χ1) is 8.51. The van der Waals surface area contributed by atoms with Gasteiger partial charge in [0.2, 0.25) is 6.41 Å². The zero-order valence-corrected chi connectivity index (χ0v) is 11.4. The van der Waals surface area contributed by atoms with E-state index in [-0.39, 0.29) is 5.91 Å². The van der Waals surface area contributed by atoms with Gasteiger partial charge in [0.1, 0.15) is 11.5 Å². The molecule has 0 saturated carbocycles. The van der Waals surface area contributed by atoms with Gasteiger partial charge < -0.3 is 14.8 Å². The Morgan fingerprint density at radius 1 is 1.39 bits per heavy atom. The molecule has 6 heteroatoms. The summed E-state index contributed by atoms with van der Waals surface area (Å²) in [6.45, 7) is 2.09. The van der Waals surface area contributed by atoms with Crippen LogP contribution in [-0.2, 0) is 11.2 Å². The second kappa shape index (κ2) is 6.18. The molecule has 1 heterocycles. The number of hydrogen-bond donors (Lipinski definition) is 1. The van der Waals surface area contributed by atoms with Crippen molar-refractivity contribution in [2.24, 2.45) is 0 Å². The second-order valence-corrected chi connectivity index (χ2v) is 4.40. The highest BCUT2D eigenvalue weighted by atomic mass is 16.2. The minimum Gasteiger partial charge on any atom is -0.343 e. The van der Waals surface area contributed by atoms with Crippen molar-refractivity contribution >= 4 is 18.1 Å². The van der Waals surface area contributed by atoms with Crippen LogP contribution < -0.4 is 4.90 Å². The molecule has 0 saturated heterocycles. The van der Waals surface area contributed by atoms with Crippen molar-refractivity contribution in [3.8, 4) is 0 Å². The van der Waals surface area contributed by atoms with Gasteiger partial charge in [0.15, 0.2) is 5.82 Å². The van der Waals surface area contributed by atoms with E-state index in [1.54, 1.807) is 21.1 Å². The van der Waals surface area contributed by atoms with Gasteiger partial charge in [-0.25, -0.2) is 4.98 Å². The maximum atomic E-state index is 12.0. The van der Waals surface area contributed by atoms with E-state index in [4.69, 9.17) is 0 Å². The molecular formula is C12H20N4O2. The monoisotopic (exact) mass is 252 g/mol. The average Bonchev–Trinajstić information content (AvgIpc) is 2.78. The molecule has 1 N–H and O–H groups in total. The molecule has 0 fully saturated rings. The van der Waals surface area contributed by atoms with Crippen molar-refractivity contribution in [2.75, 3.05) is 26.0 Å². The summed E-state index contributed by atoms with van der Waals surface area (Å²) in [5.74, 6) is 0.939. The molecule has 18 heavy (non-hydrogen) atoms. The number of hydrogen-bond acceptors (Lipinski definition) is 3. The minimum absolute atomic E-state index is 0.186. The number of H-pyrrole nitrogens is 1. The Hall–Kier alpha value is -1.85. The number of amides is 2. The van der Waals surface area contributed by atoms with Crippen LogP contribution >= 0.6 is 0 Å². The van der Waals surface area contributed by atoms with Crippen LogP contribution in [0.15, 0.2) is 0 Å². The highest BCUT2D eigenvalue weighted by Crippen LogP contribution is 2.18. The van der Waals surface area contributed by atoms with Crippen LogP contribution in [0.1, 0.15) is 36.1 Å². The number of imidazole rings is 1. The van der Waals surface area contributed by atoms with Crippen LogP contribution in [0.2, 0.25) is 0 Å². The molecule has 0 bridgehead atoms. The van der Waals surface area contributed by atoms with Gasteiger partial charge in [0, 0.05) is 27.6 Å². The fourth-order valence-electron chi connectivity index (χ4n) is 1.55. The van der Waals surface area contributed by atoms with Gasteiger partial charge in [-0.2, -0.15) is 0 Å². The number of aromatic amines is 1. The topological polar surface area (TPSA) is 69.3 Å². The van der Waals surface area contributed by atoms with E-state index in [1.165, 1.54) is 9.80 Å². The standard InChI is InChI=1S/C12H20N4O2/c1-5-6-7-9-13-10(12(18)15(2)3)11(14-9)16(4)8-17/h8H,5-7H2,1-4H3,(H,13,14). The van der Waals surface area contributed by atoms with Crippen molar-refractivity contribution in [3.05, 3.63) is 11.5 Å². The smallest absolute Gasteiger partial charge is 0.273 e. The van der Waals surface area contributed by atoms with Crippen LogP contribution in [0.25, 0.3) is 0 Å². The lowest BCUT2D eigenvalue weighted by Crippen LogP contribution is -2.25. The number of carbonyl (C=O) groups excluding carboxylic acids is 2. The zero-order valence-electron chi connectivity index (χ0n) is 11.4. The molecule has 1 aromatic rings. The summed E-state index contributed by atoms with van der Waals surface area (Å²) in [4.78, 5) is 32.9. The predicted octanol–water partition coefficient (Wildman–Crippen LogP) is 1.05. The largest absolute Gasteiger partial charge is 0.343 e. The van der Waals surface area contributed by atoms with Gasteiger partial charge in [-0.15, -0.1) is 0 Å². The molecular weight excluding hydrogens is 232 g/mol. The number of nitrogens with one attached hydrogen (secondary N) is 1. The highest BCUT2D eigenvalue weighted by molar-refractivity contribution is 5.98. The van der Waals surface area contributed by atoms with Gasteiger partial charge in [0.25, 0.3) is 5.91 Å². The molecule has 1 aromatic heterocycles. The number of aromatic nitrogens is 2. The Morgan fingerprint density at radius 2 is 2.06 bits per heavy atom. The summed E-state index contributed by atoms with van der Waals surface area (Å²) in [6, 6.07) is 0. The molecule has 0 aliphatic carbocycles. The molecule has 0 aliphatic heterocycles. The molecule has 0 aromatic carbocycles. The maximum absolute atomic E-state index is 12.0. The molecule has 0 atom stereocenters. The van der Waals surface area contributed by atoms with Gasteiger partial charge in [-0.3, -0.25) is 9.59 Å². The summed E-state index contributed by atoms with van der Waals surface area (Å²) < 4.78 is 0. The van der Waals surface area contributed by atoms with Crippen LogP contribution in [0.5, 0.6) is 0 Å². The lowest BCUT2D eigenvalue weighted by Gasteiger charge is -2.12. The zero-order chi connectivity index (χ0) is 13.7. The summed E-state index contributed by atoms with van der Waals surface area (Å²) in [6.07, 6.45) is 3.47. The van der Waals surface area contributed by atoms with E-state index in [9.17, 15) is 9.59 Å². The fraction of sp³-hybridized carbons (Fsp3) is 0.583. The van der Waals surface area contributed by atoms with E-state index < -0.39 is 0 Å². The van der Waals surface area contributed by atoms with Gasteiger partial charge in [-0.05, 0) is 6.42 Å². The number of rotatable bonds is 6.